The van der Waals surface area contributed by atoms with Gasteiger partial charge in [0.25, 0.3) is 0 Å². The average molecular weight is 268 g/mol. The van der Waals surface area contributed by atoms with E-state index in [1.165, 1.54) is 0 Å². The number of rotatable bonds is 3. The number of benzene rings is 1. The van der Waals surface area contributed by atoms with Crippen LogP contribution in [0.3, 0.4) is 0 Å². The van der Waals surface area contributed by atoms with Crippen molar-refractivity contribution in [3.8, 4) is 0 Å². The maximum atomic E-state index is 12.4. The van der Waals surface area contributed by atoms with E-state index in [1.54, 1.807) is 26.0 Å². The Labute approximate surface area is 109 Å². The molecule has 1 aromatic rings. The lowest BCUT2D eigenvalue weighted by atomic mass is 10.1. The quantitative estimate of drug-likeness (QED) is 0.823. The summed E-state index contributed by atoms with van der Waals surface area (Å²) in [6, 6.07) is 3.43. The Balaban J connectivity index is 2.36. The molecule has 0 bridgehead atoms. The Morgan fingerprint density at radius 1 is 1.28 bits per heavy atom. The number of aryl methyl sites for hydroxylation is 2. The van der Waals surface area contributed by atoms with Gasteiger partial charge in [-0.3, -0.25) is 0 Å². The zero-order valence-corrected chi connectivity index (χ0v) is 12.1. The summed E-state index contributed by atoms with van der Waals surface area (Å²) in [5.41, 5.74) is 7.76. The van der Waals surface area contributed by atoms with Crippen molar-refractivity contribution in [2.75, 3.05) is 5.73 Å². The van der Waals surface area contributed by atoms with Crippen molar-refractivity contribution >= 4 is 15.7 Å². The smallest absolute Gasteiger partial charge is 0.241 e. The van der Waals surface area contributed by atoms with Gasteiger partial charge < -0.3 is 5.73 Å². The van der Waals surface area contributed by atoms with E-state index in [2.05, 4.69) is 18.6 Å². The molecule has 2 rings (SSSR count). The molecule has 1 aliphatic carbocycles. The van der Waals surface area contributed by atoms with Crippen molar-refractivity contribution < 1.29 is 8.42 Å². The monoisotopic (exact) mass is 268 g/mol. The van der Waals surface area contributed by atoms with Crippen LogP contribution in [0, 0.1) is 19.3 Å². The Kier molecular flexibility index (Phi) is 2.94. The molecule has 0 spiro atoms. The summed E-state index contributed by atoms with van der Waals surface area (Å²) in [6.45, 7) is 7.66. The Hall–Kier alpha value is -1.07. The molecule has 100 valence electrons. The van der Waals surface area contributed by atoms with Crippen LogP contribution in [-0.2, 0) is 10.0 Å². The molecule has 1 aliphatic rings. The summed E-state index contributed by atoms with van der Waals surface area (Å²) in [4.78, 5) is 0.361. The van der Waals surface area contributed by atoms with E-state index in [0.29, 0.717) is 21.7 Å². The van der Waals surface area contributed by atoms with E-state index in [-0.39, 0.29) is 11.5 Å². The van der Waals surface area contributed by atoms with Gasteiger partial charge in [0.15, 0.2) is 0 Å². The minimum Gasteiger partial charge on any atom is -0.399 e. The maximum absolute atomic E-state index is 12.4. The molecule has 0 aliphatic heterocycles. The molecule has 3 N–H and O–H groups in total. The first-order valence-electron chi connectivity index (χ1n) is 6.02. The highest BCUT2D eigenvalue weighted by Gasteiger charge is 2.48. The van der Waals surface area contributed by atoms with Crippen molar-refractivity contribution in [2.45, 2.75) is 45.1 Å². The Morgan fingerprint density at radius 2 is 1.72 bits per heavy atom. The van der Waals surface area contributed by atoms with Gasteiger partial charge in [-0.1, -0.05) is 13.8 Å². The minimum atomic E-state index is -3.45. The van der Waals surface area contributed by atoms with E-state index in [1.807, 2.05) is 0 Å². The first kappa shape index (κ1) is 13.4. The predicted molar refractivity (Wildman–Crippen MR) is 72.8 cm³/mol. The summed E-state index contributed by atoms with van der Waals surface area (Å²) in [5, 5.41) is 0. The Morgan fingerprint density at radius 3 is 2.11 bits per heavy atom. The Bertz CT molecular complexity index is 568. The third-order valence-electron chi connectivity index (χ3n) is 3.56. The third kappa shape index (κ3) is 2.37. The van der Waals surface area contributed by atoms with Gasteiger partial charge in [-0.25, -0.2) is 13.1 Å². The van der Waals surface area contributed by atoms with Gasteiger partial charge in [-0.05, 0) is 48.9 Å². The van der Waals surface area contributed by atoms with Gasteiger partial charge >= 0.3 is 0 Å². The molecule has 1 fully saturated rings. The number of nitrogen functional groups attached to an aromatic ring is 1. The van der Waals surface area contributed by atoms with Crippen LogP contribution in [0.4, 0.5) is 5.69 Å². The summed E-state index contributed by atoms with van der Waals surface area (Å²) < 4.78 is 27.5. The van der Waals surface area contributed by atoms with E-state index < -0.39 is 10.0 Å². The van der Waals surface area contributed by atoms with Crippen molar-refractivity contribution in [1.82, 2.24) is 4.72 Å². The summed E-state index contributed by atoms with van der Waals surface area (Å²) in [5.74, 6) is 0. The minimum absolute atomic E-state index is 0.0406. The summed E-state index contributed by atoms with van der Waals surface area (Å²) in [7, 11) is -3.45. The average Bonchev–Trinajstić information content (AvgIpc) is 2.68. The molecule has 0 radical (unpaired) electrons. The molecule has 0 saturated heterocycles. The second kappa shape index (κ2) is 3.96. The van der Waals surface area contributed by atoms with E-state index in [0.717, 1.165) is 6.42 Å². The van der Waals surface area contributed by atoms with Crippen LogP contribution in [0.15, 0.2) is 17.0 Å². The first-order valence-corrected chi connectivity index (χ1v) is 7.51. The number of nitrogens with one attached hydrogen (secondary N) is 1. The molecule has 1 unspecified atom stereocenters. The second-order valence-corrected chi connectivity index (χ2v) is 7.50. The first-order chi connectivity index (χ1) is 8.13. The van der Waals surface area contributed by atoms with Crippen LogP contribution in [0.5, 0.6) is 0 Å². The molecule has 0 amide bonds. The lowest BCUT2D eigenvalue weighted by Crippen LogP contribution is -2.29. The number of hydrogen-bond donors (Lipinski definition) is 2. The molecule has 0 heterocycles. The van der Waals surface area contributed by atoms with Crippen molar-refractivity contribution in [3.63, 3.8) is 0 Å². The standard InChI is InChI=1S/C13H20N2O2S/c1-8-5-10(14)6-9(2)12(8)18(16,17)15-11-7-13(11,3)4/h5-6,11,15H,7,14H2,1-4H3. The predicted octanol–water partition coefficient (Wildman–Crippen LogP) is 1.96. The maximum Gasteiger partial charge on any atom is 0.241 e. The molecule has 4 nitrogen and oxygen atoms in total. The van der Waals surface area contributed by atoms with Crippen LogP contribution in [-0.4, -0.2) is 14.5 Å². The third-order valence-corrected chi connectivity index (χ3v) is 5.34. The largest absolute Gasteiger partial charge is 0.399 e. The second-order valence-electron chi connectivity index (χ2n) is 5.85. The highest BCUT2D eigenvalue weighted by Crippen LogP contribution is 2.45. The van der Waals surface area contributed by atoms with Gasteiger partial charge in [-0.15, -0.1) is 0 Å². The van der Waals surface area contributed by atoms with Crippen LogP contribution in [0.1, 0.15) is 31.4 Å². The summed E-state index contributed by atoms with van der Waals surface area (Å²) >= 11 is 0. The van der Waals surface area contributed by atoms with Gasteiger partial charge in [-0.2, -0.15) is 0 Å². The molecule has 5 heteroatoms. The molecule has 18 heavy (non-hydrogen) atoms. The molecular formula is C13H20N2O2S. The van der Waals surface area contributed by atoms with E-state index in [9.17, 15) is 8.42 Å². The zero-order valence-electron chi connectivity index (χ0n) is 11.2. The fourth-order valence-electron chi connectivity index (χ4n) is 2.32. The fourth-order valence-corrected chi connectivity index (χ4v) is 4.18. The van der Waals surface area contributed by atoms with Crippen LogP contribution < -0.4 is 10.5 Å². The van der Waals surface area contributed by atoms with Crippen LogP contribution in [0.2, 0.25) is 0 Å². The van der Waals surface area contributed by atoms with Gasteiger partial charge in [0.2, 0.25) is 10.0 Å². The van der Waals surface area contributed by atoms with E-state index >= 15 is 0 Å². The van der Waals surface area contributed by atoms with Gasteiger partial charge in [0.1, 0.15) is 0 Å². The summed E-state index contributed by atoms with van der Waals surface area (Å²) in [6.07, 6.45) is 0.888. The van der Waals surface area contributed by atoms with Crippen molar-refractivity contribution in [2.24, 2.45) is 5.41 Å². The number of anilines is 1. The molecule has 1 atom stereocenters. The number of hydrogen-bond acceptors (Lipinski definition) is 3. The fraction of sp³-hybridized carbons (Fsp3) is 0.538. The lowest BCUT2D eigenvalue weighted by molar-refractivity contribution is 0.554. The van der Waals surface area contributed by atoms with Gasteiger partial charge in [0.05, 0.1) is 4.90 Å². The number of sulfonamides is 1. The van der Waals surface area contributed by atoms with Crippen LogP contribution in [0.25, 0.3) is 0 Å². The highest BCUT2D eigenvalue weighted by molar-refractivity contribution is 7.89. The molecule has 1 saturated carbocycles. The normalized spacial score (nSPS) is 21.9. The molecule has 1 aromatic carbocycles. The zero-order chi connectivity index (χ0) is 13.7. The topological polar surface area (TPSA) is 72.2 Å². The lowest BCUT2D eigenvalue weighted by Gasteiger charge is -2.13. The number of nitrogens with two attached hydrogens (primary N) is 1. The van der Waals surface area contributed by atoms with Gasteiger partial charge in [0, 0.05) is 11.7 Å². The molecular weight excluding hydrogens is 248 g/mol. The molecule has 0 aromatic heterocycles. The van der Waals surface area contributed by atoms with Crippen LogP contribution >= 0.6 is 0 Å². The van der Waals surface area contributed by atoms with Crippen molar-refractivity contribution in [1.29, 1.82) is 0 Å². The van der Waals surface area contributed by atoms with E-state index in [4.69, 9.17) is 5.73 Å². The highest BCUT2D eigenvalue weighted by atomic mass is 32.2. The van der Waals surface area contributed by atoms with Crippen molar-refractivity contribution in [3.05, 3.63) is 23.3 Å². The SMILES string of the molecule is Cc1cc(N)cc(C)c1S(=O)(=O)NC1CC1(C)C.